The van der Waals surface area contributed by atoms with E-state index in [4.69, 9.17) is 19.0 Å². The topological polar surface area (TPSA) is 165 Å². The molecule has 15 heteroatoms. The molecule has 2 aromatic heterocycles. The molecule has 0 amide bonds. The Morgan fingerprint density at radius 2 is 0.984 bits per heavy atom. The average Bonchev–Trinajstić information content (AvgIpc) is 3.91. The van der Waals surface area contributed by atoms with Crippen molar-refractivity contribution < 1.29 is 28.3 Å². The van der Waals surface area contributed by atoms with Crippen LogP contribution in [0.5, 0.6) is 0 Å². The van der Waals surface area contributed by atoms with Crippen LogP contribution in [0.1, 0.15) is 52.0 Å². The second-order valence-corrected chi connectivity index (χ2v) is 18.2. The van der Waals surface area contributed by atoms with Crippen molar-refractivity contribution in [1.29, 1.82) is 0 Å². The zero-order valence-electron chi connectivity index (χ0n) is 34.9. The van der Waals surface area contributed by atoms with Crippen molar-refractivity contribution in [3.63, 3.8) is 0 Å². The van der Waals surface area contributed by atoms with Crippen LogP contribution >= 0.6 is 30.3 Å². The average molecular weight is 899 g/mol. The largest absolute Gasteiger partial charge is 0.335 e. The van der Waals surface area contributed by atoms with E-state index in [1.807, 2.05) is 50.3 Å². The van der Waals surface area contributed by atoms with Crippen molar-refractivity contribution >= 4 is 80.5 Å². The van der Waals surface area contributed by atoms with Gasteiger partial charge in [-0.3, -0.25) is 29.6 Å². The molecule has 0 saturated carbocycles. The molecule has 0 fully saturated rings. The summed E-state index contributed by atoms with van der Waals surface area (Å²) in [6, 6.07) is 40.7. The highest BCUT2D eigenvalue weighted by Gasteiger charge is 2.24. The maximum Gasteiger partial charge on any atom is 0.335 e. The summed E-state index contributed by atoms with van der Waals surface area (Å²) < 4.78 is 25.7. The zero-order chi connectivity index (χ0) is 44.9. The van der Waals surface area contributed by atoms with E-state index in [0.29, 0.717) is 25.1 Å². The van der Waals surface area contributed by atoms with Gasteiger partial charge in [-0.15, -0.1) is 22.7 Å². The third kappa shape index (κ3) is 12.8. The Balaban J connectivity index is 0.000000171. The molecular weight excluding hydrogens is 856 g/mol. The van der Waals surface area contributed by atoms with Gasteiger partial charge in [0, 0.05) is 41.0 Å². The van der Waals surface area contributed by atoms with Crippen LogP contribution in [-0.2, 0) is 19.8 Å². The first kappa shape index (κ1) is 46.0. The first-order chi connectivity index (χ1) is 30.3. The third-order valence-corrected chi connectivity index (χ3v) is 13.5. The lowest BCUT2D eigenvalue weighted by atomic mass is 10.1. The Hall–Kier alpha value is -6.54. The molecule has 0 unspecified atom stereocenters. The highest BCUT2D eigenvalue weighted by molar-refractivity contribution is 7.53. The first-order valence-electron chi connectivity index (χ1n) is 19.8. The standard InChI is InChI=1S/C22H16N2O2S.C19H22NO3PS.C7H5NO3/c1-15-2-13-20-21(14-15)27-22(23-20)18-9-5-16(6-10-18)3-4-17-7-11-19(12-8-17)24(25)26;1-4-22-24(21,23-5-2)13-15-7-9-16(10-8-15)19-20-17-11-6-14(3)12-18(17)25-19;9-5-6-1-3-7(4-2-6)8(10)11/h2-14H,1H3;6-12H,4-5,13H2,1-3H3;1-5H/b4-3+;;. The number of fused-ring (bicyclic) bond motifs is 2. The highest BCUT2D eigenvalue weighted by atomic mass is 32.1. The molecule has 0 spiro atoms. The molecule has 2 heterocycles. The van der Waals surface area contributed by atoms with Crippen molar-refractivity contribution in [2.75, 3.05) is 13.2 Å². The maximum absolute atomic E-state index is 12.6. The number of hydrogen-bond acceptors (Lipinski definition) is 12. The lowest BCUT2D eigenvalue weighted by Gasteiger charge is -2.17. The number of hydrogen-bond donors (Lipinski definition) is 0. The van der Waals surface area contributed by atoms with Gasteiger partial charge in [-0.25, -0.2) is 9.97 Å². The van der Waals surface area contributed by atoms with Gasteiger partial charge in [-0.2, -0.15) is 0 Å². The molecule has 8 rings (SSSR count). The predicted octanol–water partition coefficient (Wildman–Crippen LogP) is 13.8. The van der Waals surface area contributed by atoms with Gasteiger partial charge in [-0.05, 0) is 104 Å². The van der Waals surface area contributed by atoms with Crippen LogP contribution in [-0.4, -0.2) is 39.3 Å². The Morgan fingerprint density at radius 3 is 1.38 bits per heavy atom. The summed E-state index contributed by atoms with van der Waals surface area (Å²) in [6.07, 6.45) is 4.86. The van der Waals surface area contributed by atoms with Gasteiger partial charge < -0.3 is 9.05 Å². The molecule has 0 N–H and O–H groups in total. The third-order valence-electron chi connectivity index (χ3n) is 9.29. The van der Waals surface area contributed by atoms with Crippen molar-refractivity contribution in [2.45, 2.75) is 33.9 Å². The first-order valence-corrected chi connectivity index (χ1v) is 23.2. The summed E-state index contributed by atoms with van der Waals surface area (Å²) in [6.45, 7) is 8.57. The van der Waals surface area contributed by atoms with E-state index in [-0.39, 0.29) is 17.5 Å². The number of rotatable bonds is 13. The maximum atomic E-state index is 12.6. The van der Waals surface area contributed by atoms with Crippen LogP contribution in [0.4, 0.5) is 11.4 Å². The van der Waals surface area contributed by atoms with Crippen molar-refractivity contribution in [2.24, 2.45) is 0 Å². The molecule has 6 aromatic carbocycles. The smallest absolute Gasteiger partial charge is 0.309 e. The number of aldehydes is 1. The zero-order valence-corrected chi connectivity index (χ0v) is 37.4. The van der Waals surface area contributed by atoms with Gasteiger partial charge in [0.25, 0.3) is 11.4 Å². The predicted molar refractivity (Wildman–Crippen MR) is 255 cm³/mol. The molecule has 0 aliphatic heterocycles. The van der Waals surface area contributed by atoms with E-state index in [0.717, 1.165) is 48.9 Å². The van der Waals surface area contributed by atoms with Crippen LogP contribution in [0.15, 0.2) is 133 Å². The highest BCUT2D eigenvalue weighted by Crippen LogP contribution is 2.51. The second kappa shape index (κ2) is 21.5. The van der Waals surface area contributed by atoms with Gasteiger partial charge in [0.05, 0.1) is 49.7 Å². The summed E-state index contributed by atoms with van der Waals surface area (Å²) in [5.41, 5.74) is 10.1. The van der Waals surface area contributed by atoms with Gasteiger partial charge in [0.1, 0.15) is 16.3 Å². The monoisotopic (exact) mass is 898 g/mol. The van der Waals surface area contributed by atoms with Crippen LogP contribution in [0.3, 0.4) is 0 Å². The van der Waals surface area contributed by atoms with E-state index in [9.17, 15) is 29.6 Å². The van der Waals surface area contributed by atoms with Gasteiger partial charge >= 0.3 is 7.60 Å². The summed E-state index contributed by atoms with van der Waals surface area (Å²) in [4.78, 5) is 39.5. The molecule has 320 valence electrons. The number of carbonyl (C=O) groups is 1. The van der Waals surface area contributed by atoms with Gasteiger partial charge in [-0.1, -0.05) is 72.8 Å². The number of carbonyl (C=O) groups excluding carboxylic acids is 1. The molecule has 0 aliphatic rings. The van der Waals surface area contributed by atoms with Crippen molar-refractivity contribution in [1.82, 2.24) is 9.97 Å². The molecule has 0 atom stereocenters. The van der Waals surface area contributed by atoms with E-state index in [1.54, 1.807) is 34.8 Å². The molecular formula is C48H43N4O8PS2. The van der Waals surface area contributed by atoms with Crippen LogP contribution in [0, 0.1) is 34.1 Å². The molecule has 0 radical (unpaired) electrons. The normalized spacial score (nSPS) is 11.2. The number of thiazole rings is 2. The minimum atomic E-state index is -3.07. The summed E-state index contributed by atoms with van der Waals surface area (Å²) in [7, 11) is -3.07. The summed E-state index contributed by atoms with van der Waals surface area (Å²) in [5, 5.41) is 22.8. The molecule has 0 saturated heterocycles. The van der Waals surface area contributed by atoms with Crippen LogP contribution < -0.4 is 0 Å². The summed E-state index contributed by atoms with van der Waals surface area (Å²) >= 11 is 3.38. The van der Waals surface area contributed by atoms with Crippen LogP contribution in [0.2, 0.25) is 0 Å². The summed E-state index contributed by atoms with van der Waals surface area (Å²) in [5.74, 6) is 0. The van der Waals surface area contributed by atoms with E-state index < -0.39 is 17.4 Å². The fraction of sp³-hybridized carbons (Fsp3) is 0.146. The number of nitro groups is 2. The van der Waals surface area contributed by atoms with E-state index in [1.165, 1.54) is 56.9 Å². The Morgan fingerprint density at radius 1 is 0.587 bits per heavy atom. The minimum Gasteiger partial charge on any atom is -0.309 e. The van der Waals surface area contributed by atoms with Gasteiger partial charge in [0.15, 0.2) is 0 Å². The Labute approximate surface area is 372 Å². The molecule has 8 aromatic rings. The number of nitrogens with zero attached hydrogens (tertiary/aromatic N) is 4. The fourth-order valence-electron chi connectivity index (χ4n) is 6.12. The van der Waals surface area contributed by atoms with E-state index >= 15 is 0 Å². The van der Waals surface area contributed by atoms with Crippen molar-refractivity contribution in [3.05, 3.63) is 187 Å². The Bertz CT molecular complexity index is 2900. The number of aromatic nitrogens is 2. The molecule has 0 aliphatic carbocycles. The lowest BCUT2D eigenvalue weighted by molar-refractivity contribution is -0.385. The lowest BCUT2D eigenvalue weighted by Crippen LogP contribution is -1.99. The molecule has 63 heavy (non-hydrogen) atoms. The number of non-ortho nitro benzene ring substituents is 2. The van der Waals surface area contributed by atoms with E-state index in [2.05, 4.69) is 74.5 Å². The minimum absolute atomic E-state index is 0.00407. The van der Waals surface area contributed by atoms with Gasteiger partial charge in [0.2, 0.25) is 0 Å². The number of benzene rings is 6. The second-order valence-electron chi connectivity index (χ2n) is 14.1. The fourth-order valence-corrected chi connectivity index (χ4v) is 9.96. The van der Waals surface area contributed by atoms with Crippen molar-refractivity contribution in [3.8, 4) is 21.1 Å². The molecule has 0 bridgehead atoms. The molecule has 12 nitrogen and oxygen atoms in total. The number of aryl methyl sites for hydroxylation is 2. The SMILES string of the molecule is CCOP(=O)(Cc1ccc(-c2nc3ccc(C)cc3s2)cc1)OCC.Cc1ccc2nc(-c3ccc(/C=C/c4ccc([N+](=O)[O-])cc4)cc3)sc2c1.O=Cc1ccc([N+](=O)[O-])cc1. The quantitative estimate of drug-likeness (QED) is 0.0357. The van der Waals surface area contributed by atoms with Crippen LogP contribution in [0.25, 0.3) is 53.7 Å². The number of nitro benzene ring substituents is 2. The Kier molecular flexibility index (Phi) is 15.7.